The molecule has 0 atom stereocenters. The zero-order chi connectivity index (χ0) is 19.7. The third-order valence-electron chi connectivity index (χ3n) is 4.76. The van der Waals surface area contributed by atoms with Crippen molar-refractivity contribution in [2.75, 3.05) is 12.3 Å². The first kappa shape index (κ1) is 18.9. The van der Waals surface area contributed by atoms with Gasteiger partial charge >= 0.3 is 0 Å². The second-order valence-corrected chi connectivity index (χ2v) is 8.27. The fourth-order valence-corrected chi connectivity index (χ4v) is 5.27. The number of aromatic nitrogens is 2. The summed E-state index contributed by atoms with van der Waals surface area (Å²) in [6, 6.07) is 9.79. The molecule has 1 saturated heterocycles. The fourth-order valence-electron chi connectivity index (χ4n) is 3.34. The topological polar surface area (TPSA) is 72.3 Å². The minimum absolute atomic E-state index is 0.0974. The van der Waals surface area contributed by atoms with E-state index in [1.54, 1.807) is 4.57 Å². The molecule has 0 aliphatic carbocycles. The first-order valence-electron chi connectivity index (χ1n) is 9.13. The summed E-state index contributed by atoms with van der Waals surface area (Å²) in [4.78, 5) is 43.9. The smallest absolute Gasteiger partial charge is 0.263 e. The van der Waals surface area contributed by atoms with Crippen LogP contribution in [0, 0.1) is 0 Å². The third-order valence-corrected chi connectivity index (χ3v) is 6.59. The number of thioether (sulfide) groups is 1. The average molecular weight is 414 g/mol. The van der Waals surface area contributed by atoms with E-state index in [4.69, 9.17) is 0 Å². The van der Waals surface area contributed by atoms with Crippen molar-refractivity contribution in [3.63, 3.8) is 0 Å². The van der Waals surface area contributed by atoms with E-state index in [1.807, 2.05) is 42.6 Å². The van der Waals surface area contributed by atoms with Crippen LogP contribution in [0.1, 0.15) is 19.8 Å². The molecule has 6 nitrogen and oxygen atoms in total. The molecule has 0 unspecified atom stereocenters. The molecular formula is C20H19N3O3S2. The van der Waals surface area contributed by atoms with Crippen molar-refractivity contribution in [2.24, 2.45) is 0 Å². The van der Waals surface area contributed by atoms with Crippen molar-refractivity contribution in [2.45, 2.75) is 31.5 Å². The summed E-state index contributed by atoms with van der Waals surface area (Å²) in [6.07, 6.45) is 1.15. The fraction of sp³-hybridized carbons (Fsp3) is 0.300. The van der Waals surface area contributed by atoms with Crippen LogP contribution in [0.25, 0.3) is 21.3 Å². The van der Waals surface area contributed by atoms with Crippen LogP contribution in [-0.4, -0.2) is 38.6 Å². The van der Waals surface area contributed by atoms with E-state index in [0.29, 0.717) is 34.9 Å². The van der Waals surface area contributed by atoms with Crippen molar-refractivity contribution in [3.05, 3.63) is 46.1 Å². The molecule has 2 aromatic heterocycles. The molecule has 28 heavy (non-hydrogen) atoms. The van der Waals surface area contributed by atoms with E-state index < -0.39 is 0 Å². The molecule has 144 valence electrons. The van der Waals surface area contributed by atoms with Crippen LogP contribution in [0.4, 0.5) is 0 Å². The Morgan fingerprint density at radius 3 is 2.71 bits per heavy atom. The van der Waals surface area contributed by atoms with Crippen LogP contribution in [0.3, 0.4) is 0 Å². The Balaban J connectivity index is 1.67. The van der Waals surface area contributed by atoms with Crippen LogP contribution >= 0.6 is 23.1 Å². The molecular weight excluding hydrogens is 394 g/mol. The van der Waals surface area contributed by atoms with Crippen molar-refractivity contribution in [1.82, 2.24) is 14.5 Å². The number of hydrogen-bond donors (Lipinski definition) is 0. The average Bonchev–Trinajstić information content (AvgIpc) is 3.33. The van der Waals surface area contributed by atoms with Crippen molar-refractivity contribution in [3.8, 4) is 11.1 Å². The zero-order valence-electron chi connectivity index (χ0n) is 15.4. The molecule has 4 rings (SSSR count). The summed E-state index contributed by atoms with van der Waals surface area (Å²) in [5.41, 5.74) is 1.77. The van der Waals surface area contributed by atoms with Gasteiger partial charge in [0.1, 0.15) is 4.83 Å². The standard InChI is InChI=1S/C20H19N3O3S2/c1-2-22-19(26)17-14(13-7-4-3-5-8-13)11-27-18(17)21-20(22)28-12-16(25)23-10-6-9-15(23)24/h3-5,7-8,11H,2,6,9-10,12H2,1H3. The Labute approximate surface area is 170 Å². The van der Waals surface area contributed by atoms with Gasteiger partial charge in [0.05, 0.1) is 11.1 Å². The largest absolute Gasteiger partial charge is 0.287 e. The molecule has 0 spiro atoms. The number of rotatable bonds is 5. The van der Waals surface area contributed by atoms with Gasteiger partial charge in [-0.25, -0.2) is 4.98 Å². The third kappa shape index (κ3) is 3.38. The zero-order valence-corrected chi connectivity index (χ0v) is 17.0. The van der Waals surface area contributed by atoms with Crippen molar-refractivity contribution < 1.29 is 9.59 Å². The molecule has 1 fully saturated rings. The van der Waals surface area contributed by atoms with Crippen LogP contribution in [0.15, 0.2) is 45.7 Å². The van der Waals surface area contributed by atoms with Gasteiger partial charge in [0.25, 0.3) is 5.56 Å². The highest BCUT2D eigenvalue weighted by atomic mass is 32.2. The molecule has 3 heterocycles. The lowest BCUT2D eigenvalue weighted by atomic mass is 10.1. The van der Waals surface area contributed by atoms with Gasteiger partial charge < -0.3 is 0 Å². The van der Waals surface area contributed by atoms with Crippen molar-refractivity contribution >= 4 is 45.1 Å². The van der Waals surface area contributed by atoms with Gasteiger partial charge in [-0.15, -0.1) is 11.3 Å². The summed E-state index contributed by atoms with van der Waals surface area (Å²) < 4.78 is 1.60. The molecule has 1 aliphatic heterocycles. The molecule has 1 aromatic carbocycles. The first-order valence-corrected chi connectivity index (χ1v) is 11.0. The normalized spacial score (nSPS) is 14.2. The maximum atomic E-state index is 13.2. The Bertz CT molecular complexity index is 1110. The highest BCUT2D eigenvalue weighted by Crippen LogP contribution is 2.32. The van der Waals surface area contributed by atoms with E-state index in [-0.39, 0.29) is 23.1 Å². The van der Waals surface area contributed by atoms with E-state index in [1.165, 1.54) is 28.0 Å². The van der Waals surface area contributed by atoms with Crippen LogP contribution < -0.4 is 5.56 Å². The van der Waals surface area contributed by atoms with Gasteiger partial charge in [0.15, 0.2) is 5.16 Å². The second kappa shape index (κ2) is 7.89. The summed E-state index contributed by atoms with van der Waals surface area (Å²) in [5, 5.41) is 3.08. The van der Waals surface area contributed by atoms with Gasteiger partial charge in [0.2, 0.25) is 11.8 Å². The first-order chi connectivity index (χ1) is 13.6. The molecule has 8 heteroatoms. The number of carbonyl (C=O) groups excluding carboxylic acids is 2. The number of fused-ring (bicyclic) bond motifs is 1. The highest BCUT2D eigenvalue weighted by molar-refractivity contribution is 7.99. The summed E-state index contributed by atoms with van der Waals surface area (Å²) in [5.74, 6) is -0.242. The predicted molar refractivity (Wildman–Crippen MR) is 112 cm³/mol. The number of carbonyl (C=O) groups is 2. The van der Waals surface area contributed by atoms with Gasteiger partial charge in [-0.2, -0.15) is 0 Å². The number of hydrogen-bond acceptors (Lipinski definition) is 6. The van der Waals surface area contributed by atoms with Gasteiger partial charge in [-0.3, -0.25) is 23.9 Å². The van der Waals surface area contributed by atoms with Crippen LogP contribution in [0.2, 0.25) is 0 Å². The number of likely N-dealkylation sites (tertiary alicyclic amines) is 1. The van der Waals surface area contributed by atoms with E-state index in [2.05, 4.69) is 4.98 Å². The summed E-state index contributed by atoms with van der Waals surface area (Å²) in [6.45, 7) is 2.83. The lowest BCUT2D eigenvalue weighted by Crippen LogP contribution is -2.33. The number of nitrogens with zero attached hydrogens (tertiary/aromatic N) is 3. The van der Waals surface area contributed by atoms with E-state index in [0.717, 1.165) is 17.5 Å². The predicted octanol–water partition coefficient (Wildman–Crippen LogP) is 3.39. The number of imide groups is 1. The minimum Gasteiger partial charge on any atom is -0.287 e. The Hall–Kier alpha value is -2.45. The maximum Gasteiger partial charge on any atom is 0.263 e. The van der Waals surface area contributed by atoms with Crippen molar-refractivity contribution in [1.29, 1.82) is 0 Å². The molecule has 2 amide bonds. The van der Waals surface area contributed by atoms with E-state index >= 15 is 0 Å². The molecule has 0 bridgehead atoms. The lowest BCUT2D eigenvalue weighted by Gasteiger charge is -2.14. The maximum absolute atomic E-state index is 13.2. The quantitative estimate of drug-likeness (QED) is 0.474. The summed E-state index contributed by atoms with van der Waals surface area (Å²) in [7, 11) is 0. The molecule has 1 aliphatic rings. The van der Waals surface area contributed by atoms with Gasteiger partial charge in [-0.1, -0.05) is 42.1 Å². The molecule has 0 radical (unpaired) electrons. The Kier molecular flexibility index (Phi) is 5.32. The number of benzene rings is 1. The Morgan fingerprint density at radius 2 is 2.04 bits per heavy atom. The van der Waals surface area contributed by atoms with Gasteiger partial charge in [-0.05, 0) is 18.9 Å². The lowest BCUT2D eigenvalue weighted by molar-refractivity contribution is -0.140. The highest BCUT2D eigenvalue weighted by Gasteiger charge is 2.26. The molecule has 0 N–H and O–H groups in total. The summed E-state index contributed by atoms with van der Waals surface area (Å²) >= 11 is 2.65. The second-order valence-electron chi connectivity index (χ2n) is 6.47. The Morgan fingerprint density at radius 1 is 1.25 bits per heavy atom. The number of thiophene rings is 1. The van der Waals surface area contributed by atoms with E-state index in [9.17, 15) is 14.4 Å². The molecule has 0 saturated carbocycles. The number of amides is 2. The SMILES string of the molecule is CCn1c(SCC(=O)N2CCCC2=O)nc2scc(-c3ccccc3)c2c1=O. The van der Waals surface area contributed by atoms with Gasteiger partial charge in [0, 0.05) is 30.5 Å². The molecule has 3 aromatic rings. The minimum atomic E-state index is -0.222. The van der Waals surface area contributed by atoms with Crippen LogP contribution in [-0.2, 0) is 16.1 Å². The van der Waals surface area contributed by atoms with Crippen LogP contribution in [0.5, 0.6) is 0 Å². The monoisotopic (exact) mass is 413 g/mol.